The number of aliphatic carboxylic acids is 1. The Kier molecular flexibility index (Phi) is 10.1. The van der Waals surface area contributed by atoms with E-state index in [2.05, 4.69) is 35.2 Å². The second-order valence-corrected chi connectivity index (χ2v) is 9.42. The lowest BCUT2D eigenvalue weighted by molar-refractivity contribution is -0.138. The quantitative estimate of drug-likeness (QED) is 0.544. The van der Waals surface area contributed by atoms with E-state index in [-0.39, 0.29) is 0 Å². The zero-order chi connectivity index (χ0) is 21.7. The molecule has 0 amide bonds. The minimum Gasteiger partial charge on any atom is -0.481 e. The van der Waals surface area contributed by atoms with Gasteiger partial charge in [0.25, 0.3) is 0 Å². The molecule has 0 aromatic heterocycles. The predicted octanol–water partition coefficient (Wildman–Crippen LogP) is 6.30. The molecule has 2 fully saturated rings. The normalized spacial score (nSPS) is 21.9. The topological polar surface area (TPSA) is 40.5 Å². The van der Waals surface area contributed by atoms with Crippen molar-refractivity contribution in [3.05, 3.63) is 72.3 Å². The van der Waals surface area contributed by atoms with E-state index < -0.39 is 5.97 Å². The van der Waals surface area contributed by atoms with E-state index in [0.29, 0.717) is 12.3 Å². The Bertz CT molecular complexity index is 698. The summed E-state index contributed by atoms with van der Waals surface area (Å²) in [6.45, 7) is 3.69. The smallest absolute Gasteiger partial charge is 0.303 e. The van der Waals surface area contributed by atoms with Gasteiger partial charge in [0.05, 0.1) is 0 Å². The summed E-state index contributed by atoms with van der Waals surface area (Å²) in [7, 11) is 0. The molecule has 0 bridgehead atoms. The maximum absolute atomic E-state index is 10.9. The molecule has 1 aliphatic carbocycles. The van der Waals surface area contributed by atoms with Crippen molar-refractivity contribution in [1.29, 1.82) is 0 Å². The number of carboxylic acids is 1. The Morgan fingerprint density at radius 3 is 2.00 bits per heavy atom. The van der Waals surface area contributed by atoms with Crippen molar-refractivity contribution in [2.75, 3.05) is 19.6 Å². The molecule has 2 aliphatic rings. The monoisotopic (exact) mass is 421 g/mol. The third kappa shape index (κ3) is 9.26. The molecule has 1 saturated carbocycles. The molecular weight excluding hydrogens is 382 g/mol. The zero-order valence-corrected chi connectivity index (χ0v) is 18.9. The van der Waals surface area contributed by atoms with Crippen LogP contribution in [0, 0.1) is 17.8 Å². The Balaban J connectivity index is 0.000000391. The SMILES string of the molecule is O=C(O)CC1CCC(CN2CCC(CCCc3ccccc3)CC2)C1.c1ccccc1. The molecule has 2 aromatic carbocycles. The maximum atomic E-state index is 10.9. The van der Waals surface area contributed by atoms with E-state index in [0.717, 1.165) is 24.7 Å². The summed E-state index contributed by atoms with van der Waals surface area (Å²) in [6, 6.07) is 22.8. The fraction of sp³-hybridized carbons (Fsp3) is 0.536. The second-order valence-electron chi connectivity index (χ2n) is 9.42. The van der Waals surface area contributed by atoms with Gasteiger partial charge in [-0.1, -0.05) is 73.2 Å². The molecular formula is C28H39NO2. The number of rotatable bonds is 8. The van der Waals surface area contributed by atoms with E-state index >= 15 is 0 Å². The number of aryl methyl sites for hydroxylation is 1. The van der Waals surface area contributed by atoms with Crippen LogP contribution in [0.15, 0.2) is 66.7 Å². The van der Waals surface area contributed by atoms with Crippen LogP contribution in [-0.2, 0) is 11.2 Å². The molecule has 168 valence electrons. The minimum atomic E-state index is -0.623. The number of nitrogens with zero attached hydrogens (tertiary/aromatic N) is 1. The van der Waals surface area contributed by atoms with E-state index in [1.807, 2.05) is 36.4 Å². The van der Waals surface area contributed by atoms with Gasteiger partial charge >= 0.3 is 5.97 Å². The van der Waals surface area contributed by atoms with Gasteiger partial charge in [0, 0.05) is 13.0 Å². The van der Waals surface area contributed by atoms with Gasteiger partial charge in [0.15, 0.2) is 0 Å². The van der Waals surface area contributed by atoms with Crippen LogP contribution in [0.4, 0.5) is 0 Å². The van der Waals surface area contributed by atoms with Gasteiger partial charge in [0.2, 0.25) is 0 Å². The number of benzene rings is 2. The highest BCUT2D eigenvalue weighted by Gasteiger charge is 2.29. The maximum Gasteiger partial charge on any atom is 0.303 e. The van der Waals surface area contributed by atoms with Crippen LogP contribution in [0.1, 0.15) is 56.9 Å². The van der Waals surface area contributed by atoms with E-state index in [9.17, 15) is 4.79 Å². The molecule has 1 N–H and O–H groups in total. The standard InChI is InChI=1S/C22H33NO2.C6H6/c24-22(25)16-20-9-10-21(15-20)17-23-13-11-19(12-14-23)8-4-7-18-5-2-1-3-6-18;1-2-4-6-5-3-1/h1-3,5-6,19-21H,4,7-17H2,(H,24,25);1-6H. The molecule has 2 atom stereocenters. The third-order valence-electron chi connectivity index (χ3n) is 6.92. The van der Waals surface area contributed by atoms with Crippen LogP contribution >= 0.6 is 0 Å². The summed E-state index contributed by atoms with van der Waals surface area (Å²) < 4.78 is 0. The molecule has 31 heavy (non-hydrogen) atoms. The first kappa shape index (κ1) is 23.5. The highest BCUT2D eigenvalue weighted by atomic mass is 16.4. The predicted molar refractivity (Wildman–Crippen MR) is 128 cm³/mol. The number of piperidine rings is 1. The van der Waals surface area contributed by atoms with Crippen LogP contribution in [0.2, 0.25) is 0 Å². The van der Waals surface area contributed by atoms with Crippen molar-refractivity contribution in [2.45, 2.75) is 57.8 Å². The van der Waals surface area contributed by atoms with Gasteiger partial charge in [0.1, 0.15) is 0 Å². The van der Waals surface area contributed by atoms with E-state index in [1.165, 1.54) is 63.7 Å². The van der Waals surface area contributed by atoms with Gasteiger partial charge in [-0.05, 0) is 81.4 Å². The van der Waals surface area contributed by atoms with Crippen molar-refractivity contribution in [3.8, 4) is 0 Å². The first-order valence-corrected chi connectivity index (χ1v) is 12.2. The number of likely N-dealkylation sites (tertiary alicyclic amines) is 1. The molecule has 2 unspecified atom stereocenters. The fourth-order valence-corrected chi connectivity index (χ4v) is 5.22. The summed E-state index contributed by atoms with van der Waals surface area (Å²) in [5, 5.41) is 8.94. The van der Waals surface area contributed by atoms with Crippen LogP contribution < -0.4 is 0 Å². The van der Waals surface area contributed by atoms with Crippen LogP contribution in [0.5, 0.6) is 0 Å². The molecule has 1 saturated heterocycles. The fourth-order valence-electron chi connectivity index (χ4n) is 5.22. The molecule has 0 radical (unpaired) electrons. The lowest BCUT2D eigenvalue weighted by Crippen LogP contribution is -2.36. The van der Waals surface area contributed by atoms with Crippen LogP contribution in [0.3, 0.4) is 0 Å². The van der Waals surface area contributed by atoms with Crippen LogP contribution in [-0.4, -0.2) is 35.6 Å². The van der Waals surface area contributed by atoms with Crippen molar-refractivity contribution in [3.63, 3.8) is 0 Å². The molecule has 2 aromatic rings. The summed E-state index contributed by atoms with van der Waals surface area (Å²) in [6.07, 6.45) is 10.4. The second kappa shape index (κ2) is 13.3. The lowest BCUT2D eigenvalue weighted by atomic mass is 9.90. The highest BCUT2D eigenvalue weighted by molar-refractivity contribution is 5.67. The number of carboxylic acid groups (broad SMARTS) is 1. The molecule has 1 heterocycles. The van der Waals surface area contributed by atoms with Gasteiger partial charge in [-0.3, -0.25) is 4.79 Å². The van der Waals surface area contributed by atoms with E-state index in [1.54, 1.807) is 0 Å². The average Bonchev–Trinajstić information content (AvgIpc) is 3.23. The highest BCUT2D eigenvalue weighted by Crippen LogP contribution is 2.34. The minimum absolute atomic E-state index is 0.375. The largest absolute Gasteiger partial charge is 0.481 e. The van der Waals surface area contributed by atoms with Gasteiger partial charge in [-0.25, -0.2) is 0 Å². The molecule has 0 spiro atoms. The number of hydrogen-bond donors (Lipinski definition) is 1. The molecule has 4 rings (SSSR count). The van der Waals surface area contributed by atoms with Gasteiger partial charge in [-0.15, -0.1) is 0 Å². The molecule has 1 aliphatic heterocycles. The van der Waals surface area contributed by atoms with Crippen molar-refractivity contribution in [2.24, 2.45) is 17.8 Å². The number of hydrogen-bond acceptors (Lipinski definition) is 2. The van der Waals surface area contributed by atoms with Crippen molar-refractivity contribution >= 4 is 5.97 Å². The summed E-state index contributed by atoms with van der Waals surface area (Å²) in [4.78, 5) is 13.5. The Labute approximate surface area is 188 Å². The molecule has 3 nitrogen and oxygen atoms in total. The Morgan fingerprint density at radius 1 is 0.806 bits per heavy atom. The summed E-state index contributed by atoms with van der Waals surface area (Å²) >= 11 is 0. The Morgan fingerprint density at radius 2 is 1.39 bits per heavy atom. The first-order valence-electron chi connectivity index (χ1n) is 12.2. The van der Waals surface area contributed by atoms with E-state index in [4.69, 9.17) is 5.11 Å². The van der Waals surface area contributed by atoms with Crippen molar-refractivity contribution < 1.29 is 9.90 Å². The Hall–Kier alpha value is -2.13. The number of carbonyl (C=O) groups is 1. The lowest BCUT2D eigenvalue weighted by Gasteiger charge is -2.33. The third-order valence-corrected chi connectivity index (χ3v) is 6.92. The van der Waals surface area contributed by atoms with Crippen molar-refractivity contribution in [1.82, 2.24) is 4.90 Å². The summed E-state index contributed by atoms with van der Waals surface area (Å²) in [5.41, 5.74) is 1.47. The molecule has 3 heteroatoms. The average molecular weight is 422 g/mol. The summed E-state index contributed by atoms with van der Waals surface area (Å²) in [5.74, 6) is 1.45. The zero-order valence-electron chi connectivity index (χ0n) is 18.9. The first-order chi connectivity index (χ1) is 15.2. The van der Waals surface area contributed by atoms with Gasteiger partial charge in [-0.2, -0.15) is 0 Å². The van der Waals surface area contributed by atoms with Crippen LogP contribution in [0.25, 0.3) is 0 Å². The van der Waals surface area contributed by atoms with Gasteiger partial charge < -0.3 is 10.0 Å².